The van der Waals surface area contributed by atoms with Crippen molar-refractivity contribution in [3.05, 3.63) is 35.1 Å². The van der Waals surface area contributed by atoms with E-state index in [0.29, 0.717) is 18.5 Å². The quantitative estimate of drug-likeness (QED) is 0.745. The average Bonchev–Trinajstić information content (AvgIpc) is 2.63. The van der Waals surface area contributed by atoms with Crippen molar-refractivity contribution in [2.75, 3.05) is 13.7 Å². The summed E-state index contributed by atoms with van der Waals surface area (Å²) < 4.78 is 18.1. The van der Waals surface area contributed by atoms with E-state index in [-0.39, 0.29) is 29.7 Å². The zero-order valence-electron chi connectivity index (χ0n) is 12.0. The molecule has 2 heterocycles. The van der Waals surface area contributed by atoms with Gasteiger partial charge in [-0.3, -0.25) is 9.59 Å². The summed E-state index contributed by atoms with van der Waals surface area (Å²) in [5, 5.41) is 0. The maximum atomic E-state index is 13.4. The number of carbonyl (C=O) groups is 2. The third-order valence-electron chi connectivity index (χ3n) is 4.55. The predicted octanol–water partition coefficient (Wildman–Crippen LogP) is 2.17. The maximum Gasteiger partial charge on any atom is 0.310 e. The Morgan fingerprint density at radius 2 is 2.14 bits per heavy atom. The van der Waals surface area contributed by atoms with Crippen LogP contribution in [0, 0.1) is 11.7 Å². The zero-order chi connectivity index (χ0) is 15.0. The molecule has 0 N–H and O–H groups in total. The van der Waals surface area contributed by atoms with Crippen molar-refractivity contribution in [1.29, 1.82) is 0 Å². The first-order valence-electron chi connectivity index (χ1n) is 7.27. The van der Waals surface area contributed by atoms with Gasteiger partial charge in [0.1, 0.15) is 5.82 Å². The third-order valence-corrected chi connectivity index (χ3v) is 4.55. The van der Waals surface area contributed by atoms with E-state index in [2.05, 4.69) is 0 Å². The van der Waals surface area contributed by atoms with Crippen LogP contribution >= 0.6 is 0 Å². The Morgan fingerprint density at radius 3 is 2.90 bits per heavy atom. The van der Waals surface area contributed by atoms with E-state index < -0.39 is 0 Å². The number of ether oxygens (including phenoxy) is 1. The van der Waals surface area contributed by atoms with E-state index in [1.807, 2.05) is 0 Å². The van der Waals surface area contributed by atoms with Crippen LogP contribution < -0.4 is 0 Å². The lowest BCUT2D eigenvalue weighted by molar-refractivity contribution is -0.147. The molecule has 3 rings (SSSR count). The van der Waals surface area contributed by atoms with Gasteiger partial charge in [0.15, 0.2) is 0 Å². The summed E-state index contributed by atoms with van der Waals surface area (Å²) in [6, 6.07) is 4.45. The number of aryl methyl sites for hydroxylation is 1. The molecule has 1 aromatic carbocycles. The average molecular weight is 291 g/mol. The second-order valence-corrected chi connectivity index (χ2v) is 5.75. The molecule has 0 radical (unpaired) electrons. The van der Waals surface area contributed by atoms with Gasteiger partial charge < -0.3 is 9.64 Å². The fraction of sp³-hybridized carbons (Fsp3) is 0.500. The first-order chi connectivity index (χ1) is 10.1. The summed E-state index contributed by atoms with van der Waals surface area (Å²) >= 11 is 0. The molecule has 4 nitrogen and oxygen atoms in total. The van der Waals surface area contributed by atoms with Crippen LogP contribution in [0.2, 0.25) is 0 Å². The van der Waals surface area contributed by atoms with Gasteiger partial charge in [0, 0.05) is 18.2 Å². The van der Waals surface area contributed by atoms with Gasteiger partial charge in [-0.1, -0.05) is 0 Å². The van der Waals surface area contributed by atoms with Crippen LogP contribution in [0.4, 0.5) is 4.39 Å². The van der Waals surface area contributed by atoms with E-state index in [1.165, 1.54) is 19.2 Å². The van der Waals surface area contributed by atoms with Crippen LogP contribution in [0.25, 0.3) is 0 Å². The summed E-state index contributed by atoms with van der Waals surface area (Å²) in [7, 11) is 1.37. The van der Waals surface area contributed by atoms with Crippen molar-refractivity contribution in [3.8, 4) is 0 Å². The van der Waals surface area contributed by atoms with Crippen molar-refractivity contribution in [3.63, 3.8) is 0 Å². The van der Waals surface area contributed by atoms with Gasteiger partial charge >= 0.3 is 5.97 Å². The van der Waals surface area contributed by atoms with Crippen molar-refractivity contribution in [1.82, 2.24) is 4.90 Å². The number of benzene rings is 1. The van der Waals surface area contributed by atoms with E-state index in [4.69, 9.17) is 4.74 Å². The molecule has 0 bridgehead atoms. The number of halogens is 1. The third kappa shape index (κ3) is 2.52. The van der Waals surface area contributed by atoms with E-state index >= 15 is 0 Å². The molecule has 2 aliphatic heterocycles. The van der Waals surface area contributed by atoms with E-state index in [1.54, 1.807) is 11.0 Å². The first-order valence-corrected chi connectivity index (χ1v) is 7.27. The fourth-order valence-electron chi connectivity index (χ4n) is 3.39. The molecule has 112 valence electrons. The number of nitrogens with zero attached hydrogens (tertiary/aromatic N) is 1. The van der Waals surface area contributed by atoms with Crippen molar-refractivity contribution >= 4 is 11.9 Å². The molecular formula is C16H18FNO3. The van der Waals surface area contributed by atoms with Crippen molar-refractivity contribution < 1.29 is 18.7 Å². The molecule has 0 unspecified atom stereocenters. The van der Waals surface area contributed by atoms with Crippen molar-refractivity contribution in [2.24, 2.45) is 5.92 Å². The fourth-order valence-corrected chi connectivity index (χ4v) is 3.39. The van der Waals surface area contributed by atoms with Gasteiger partial charge in [0.25, 0.3) is 5.91 Å². The number of carbonyl (C=O) groups excluding carboxylic acids is 2. The SMILES string of the molecule is COC(=O)[C@@H]1CC[C@@H]2CCc3cc(F)ccc3C(=O)N2C1. The Kier molecular flexibility index (Phi) is 3.66. The molecule has 21 heavy (non-hydrogen) atoms. The Balaban J connectivity index is 1.89. The largest absolute Gasteiger partial charge is 0.469 e. The molecule has 0 aliphatic carbocycles. The summed E-state index contributed by atoms with van der Waals surface area (Å²) in [5.74, 6) is -0.919. The first kappa shape index (κ1) is 14.0. The van der Waals surface area contributed by atoms with Crippen molar-refractivity contribution in [2.45, 2.75) is 31.7 Å². The Labute approximate surface area is 122 Å². The van der Waals surface area contributed by atoms with Crippen LogP contribution in [0.1, 0.15) is 35.2 Å². The van der Waals surface area contributed by atoms with Gasteiger partial charge in [0.05, 0.1) is 13.0 Å². The minimum atomic E-state index is -0.311. The highest BCUT2D eigenvalue weighted by Crippen LogP contribution is 2.31. The minimum Gasteiger partial charge on any atom is -0.469 e. The number of hydrogen-bond acceptors (Lipinski definition) is 3. The number of amides is 1. The van der Waals surface area contributed by atoms with Gasteiger partial charge in [-0.2, -0.15) is 0 Å². The highest BCUT2D eigenvalue weighted by atomic mass is 19.1. The van der Waals surface area contributed by atoms with E-state index in [9.17, 15) is 14.0 Å². The molecule has 0 spiro atoms. The smallest absolute Gasteiger partial charge is 0.310 e. The Bertz CT molecular complexity index is 587. The van der Waals surface area contributed by atoms with Crippen LogP contribution in [-0.4, -0.2) is 36.5 Å². The van der Waals surface area contributed by atoms with Gasteiger partial charge in [-0.15, -0.1) is 0 Å². The summed E-state index contributed by atoms with van der Waals surface area (Å²) in [6.45, 7) is 0.396. The second kappa shape index (κ2) is 5.47. The Hall–Kier alpha value is -1.91. The number of rotatable bonds is 1. The molecule has 1 saturated heterocycles. The summed E-state index contributed by atoms with van der Waals surface area (Å²) in [6.07, 6.45) is 3.05. The predicted molar refractivity (Wildman–Crippen MR) is 74.3 cm³/mol. The number of esters is 1. The Morgan fingerprint density at radius 1 is 1.33 bits per heavy atom. The van der Waals surface area contributed by atoms with Crippen LogP contribution in [0.3, 0.4) is 0 Å². The summed E-state index contributed by atoms with van der Waals surface area (Å²) in [4.78, 5) is 26.2. The maximum absolute atomic E-state index is 13.4. The lowest BCUT2D eigenvalue weighted by Gasteiger charge is -2.37. The highest BCUT2D eigenvalue weighted by Gasteiger charge is 2.37. The molecule has 2 aliphatic rings. The molecule has 0 aromatic heterocycles. The topological polar surface area (TPSA) is 46.6 Å². The molecule has 2 atom stereocenters. The summed E-state index contributed by atoms with van der Waals surface area (Å²) in [5.41, 5.74) is 1.33. The highest BCUT2D eigenvalue weighted by molar-refractivity contribution is 5.96. The molecule has 5 heteroatoms. The molecular weight excluding hydrogens is 273 g/mol. The van der Waals surface area contributed by atoms with Gasteiger partial charge in [0.2, 0.25) is 0 Å². The van der Waals surface area contributed by atoms with Crippen LogP contribution in [0.15, 0.2) is 18.2 Å². The number of methoxy groups -OCH3 is 1. The van der Waals surface area contributed by atoms with Gasteiger partial charge in [-0.25, -0.2) is 4.39 Å². The monoisotopic (exact) mass is 291 g/mol. The molecule has 0 saturated carbocycles. The molecule has 1 aromatic rings. The number of fused-ring (bicyclic) bond motifs is 2. The standard InChI is InChI=1S/C16H18FNO3/c1-21-16(20)11-3-6-13-5-2-10-8-12(17)4-7-14(10)15(19)18(13)9-11/h4,7-8,11,13H,2-3,5-6,9H2,1H3/t11-,13+/m1/s1. The van der Waals surface area contributed by atoms with E-state index in [0.717, 1.165) is 24.8 Å². The lowest BCUT2D eigenvalue weighted by atomic mass is 9.91. The van der Waals surface area contributed by atoms with Gasteiger partial charge in [-0.05, 0) is 49.4 Å². The number of hydrogen-bond donors (Lipinski definition) is 0. The molecule has 1 amide bonds. The number of piperidine rings is 1. The van der Waals surface area contributed by atoms with Crippen LogP contribution in [0.5, 0.6) is 0 Å². The normalized spacial score (nSPS) is 24.9. The lowest BCUT2D eigenvalue weighted by Crippen LogP contribution is -2.48. The second-order valence-electron chi connectivity index (χ2n) is 5.75. The minimum absolute atomic E-state index is 0.0962. The van der Waals surface area contributed by atoms with Crippen LogP contribution in [-0.2, 0) is 16.0 Å². The zero-order valence-corrected chi connectivity index (χ0v) is 12.0. The molecule has 1 fully saturated rings.